The number of fused-ring (bicyclic) bond motifs is 3. The normalized spacial score (nSPS) is 23.2. The molecule has 3 aromatic rings. The molecule has 2 aromatic heterocycles. The predicted octanol–water partition coefficient (Wildman–Crippen LogP) is 3.19. The van der Waals surface area contributed by atoms with Gasteiger partial charge >= 0.3 is 0 Å². The third-order valence-corrected chi connectivity index (χ3v) is 7.64. The van der Waals surface area contributed by atoms with Gasteiger partial charge in [0, 0.05) is 18.2 Å². The fourth-order valence-electron chi connectivity index (χ4n) is 4.87. The van der Waals surface area contributed by atoms with Crippen molar-refractivity contribution in [2.45, 2.75) is 56.9 Å². The number of thiophene rings is 1. The lowest BCUT2D eigenvalue weighted by molar-refractivity contribution is 0.0643. The van der Waals surface area contributed by atoms with E-state index in [0.717, 1.165) is 12.8 Å². The summed E-state index contributed by atoms with van der Waals surface area (Å²) in [7, 11) is 3.83. The molecule has 1 aromatic carbocycles. The smallest absolute Gasteiger partial charge is 0.275 e. The van der Waals surface area contributed by atoms with Crippen molar-refractivity contribution < 1.29 is 14.6 Å². The maximum Gasteiger partial charge on any atom is 0.275 e. The van der Waals surface area contributed by atoms with E-state index < -0.39 is 6.10 Å². The van der Waals surface area contributed by atoms with Gasteiger partial charge in [-0.3, -0.25) is 9.36 Å². The molecule has 2 fully saturated rings. The fraction of sp³-hybridized carbons (Fsp3) is 0.440. The van der Waals surface area contributed by atoms with Gasteiger partial charge in [0.25, 0.3) is 5.56 Å². The molecule has 0 radical (unpaired) electrons. The maximum absolute atomic E-state index is 13.2. The number of aliphatic hydroxyl groups excluding tert-OH is 1. The second-order valence-electron chi connectivity index (χ2n) is 8.79. The van der Waals surface area contributed by atoms with Crippen LogP contribution in [0.1, 0.15) is 37.5 Å². The Morgan fingerprint density at radius 3 is 2.67 bits per heavy atom. The molecule has 2 bridgehead atoms. The van der Waals surface area contributed by atoms with Gasteiger partial charge in [0.15, 0.2) is 11.5 Å². The third-order valence-electron chi connectivity index (χ3n) is 6.62. The lowest BCUT2D eigenvalue weighted by atomic mass is 10.0. The second kappa shape index (κ2) is 8.82. The van der Waals surface area contributed by atoms with E-state index in [1.807, 2.05) is 18.2 Å². The standard InChI is InChI=1S/C25H27N3O4S/c1-15(29)4-8-20-13-21-24(33-20)25(30)28(14-26-21)18-7-9-22(23(12-18)31-3)32-19-10-16-5-6-17(11-19)27(16)2/h7,9,12-17,19,29H,5-6,10-11H2,1-3H3/t15?,16-,17+,19?. The minimum absolute atomic E-state index is 0.169. The van der Waals surface area contributed by atoms with Crippen LogP contribution >= 0.6 is 11.3 Å². The summed E-state index contributed by atoms with van der Waals surface area (Å²) in [4.78, 5) is 20.8. The summed E-state index contributed by atoms with van der Waals surface area (Å²) in [6, 6.07) is 8.51. The number of aromatic nitrogens is 2. The first-order valence-electron chi connectivity index (χ1n) is 11.2. The molecule has 0 amide bonds. The van der Waals surface area contributed by atoms with Crippen molar-refractivity contribution in [3.8, 4) is 29.0 Å². The number of ether oxygens (including phenoxy) is 2. The first-order chi connectivity index (χ1) is 15.9. The highest BCUT2D eigenvalue weighted by Gasteiger charge is 2.39. The molecule has 4 heterocycles. The molecule has 33 heavy (non-hydrogen) atoms. The lowest BCUT2D eigenvalue weighted by Gasteiger charge is -2.36. The van der Waals surface area contributed by atoms with Gasteiger partial charge < -0.3 is 19.5 Å². The highest BCUT2D eigenvalue weighted by molar-refractivity contribution is 7.19. The van der Waals surface area contributed by atoms with Crippen molar-refractivity contribution in [1.82, 2.24) is 14.5 Å². The molecular weight excluding hydrogens is 438 g/mol. The zero-order chi connectivity index (χ0) is 23.1. The van der Waals surface area contributed by atoms with Crippen LogP contribution in [-0.4, -0.2) is 58.0 Å². The van der Waals surface area contributed by atoms with Crippen molar-refractivity contribution >= 4 is 21.6 Å². The van der Waals surface area contributed by atoms with Crippen LogP contribution in [0.4, 0.5) is 0 Å². The van der Waals surface area contributed by atoms with Crippen LogP contribution in [0.5, 0.6) is 11.5 Å². The van der Waals surface area contributed by atoms with E-state index in [2.05, 4.69) is 28.8 Å². The number of methoxy groups -OCH3 is 1. The molecule has 172 valence electrons. The Morgan fingerprint density at radius 2 is 1.97 bits per heavy atom. The lowest BCUT2D eigenvalue weighted by Crippen LogP contribution is -2.43. The summed E-state index contributed by atoms with van der Waals surface area (Å²) < 4.78 is 14.0. The number of nitrogens with zero attached hydrogens (tertiary/aromatic N) is 3. The van der Waals surface area contributed by atoms with Gasteiger partial charge in [-0.05, 0) is 57.9 Å². The zero-order valence-electron chi connectivity index (χ0n) is 18.9. The van der Waals surface area contributed by atoms with Gasteiger partial charge in [0.05, 0.1) is 23.2 Å². The second-order valence-corrected chi connectivity index (χ2v) is 9.84. The number of piperidine rings is 1. The summed E-state index contributed by atoms with van der Waals surface area (Å²) in [5.41, 5.74) is 1.09. The molecule has 0 saturated carbocycles. The molecule has 2 aliphatic rings. The van der Waals surface area contributed by atoms with Crippen LogP contribution < -0.4 is 15.0 Å². The quantitative estimate of drug-likeness (QED) is 0.597. The minimum Gasteiger partial charge on any atom is -0.493 e. The Kier molecular flexibility index (Phi) is 5.87. The van der Waals surface area contributed by atoms with Crippen molar-refractivity contribution in [3.05, 3.63) is 45.8 Å². The predicted molar refractivity (Wildman–Crippen MR) is 129 cm³/mol. The first kappa shape index (κ1) is 22.0. The van der Waals surface area contributed by atoms with Crippen molar-refractivity contribution in [3.63, 3.8) is 0 Å². The monoisotopic (exact) mass is 465 g/mol. The van der Waals surface area contributed by atoms with Gasteiger partial charge in [-0.2, -0.15) is 0 Å². The molecular formula is C25H27N3O4S. The van der Waals surface area contributed by atoms with Crippen LogP contribution in [0.25, 0.3) is 15.9 Å². The topological polar surface area (TPSA) is 76.8 Å². The van der Waals surface area contributed by atoms with E-state index in [9.17, 15) is 9.90 Å². The van der Waals surface area contributed by atoms with Crippen molar-refractivity contribution in [2.24, 2.45) is 0 Å². The molecule has 1 N–H and O–H groups in total. The summed E-state index contributed by atoms with van der Waals surface area (Å²) >= 11 is 1.28. The molecule has 7 nitrogen and oxygen atoms in total. The van der Waals surface area contributed by atoms with Crippen molar-refractivity contribution in [2.75, 3.05) is 14.2 Å². The zero-order valence-corrected chi connectivity index (χ0v) is 19.8. The van der Waals surface area contributed by atoms with Crippen LogP contribution in [0.15, 0.2) is 35.4 Å². The first-order valence-corrected chi connectivity index (χ1v) is 12.0. The van der Waals surface area contributed by atoms with Gasteiger partial charge in [-0.1, -0.05) is 11.8 Å². The SMILES string of the molecule is COc1cc(-n2cnc3cc(C#CC(C)O)sc3c2=O)ccc1OC1C[C@H]2CC[C@@H](C1)N2C. The molecule has 4 atom stereocenters. The molecule has 5 rings (SSSR count). The van der Waals surface area contributed by atoms with Gasteiger partial charge in [-0.25, -0.2) is 4.98 Å². The van der Waals surface area contributed by atoms with E-state index in [0.29, 0.717) is 44.4 Å². The summed E-state index contributed by atoms with van der Waals surface area (Å²) in [6.45, 7) is 1.60. The van der Waals surface area contributed by atoms with Gasteiger partial charge in [0.1, 0.15) is 23.2 Å². The Morgan fingerprint density at radius 1 is 1.21 bits per heavy atom. The highest BCUT2D eigenvalue weighted by atomic mass is 32.1. The third kappa shape index (κ3) is 4.24. The number of hydrogen-bond acceptors (Lipinski definition) is 7. The molecule has 2 aliphatic heterocycles. The van der Waals surface area contributed by atoms with E-state index in [1.54, 1.807) is 20.1 Å². The Balaban J connectivity index is 1.42. The van der Waals surface area contributed by atoms with E-state index in [-0.39, 0.29) is 11.7 Å². The molecule has 2 saturated heterocycles. The summed E-state index contributed by atoms with van der Waals surface area (Å²) in [6.07, 6.45) is 5.50. The van der Waals surface area contributed by atoms with Gasteiger partial charge in [-0.15, -0.1) is 11.3 Å². The van der Waals surface area contributed by atoms with E-state index in [4.69, 9.17) is 9.47 Å². The van der Waals surface area contributed by atoms with Gasteiger partial charge in [0.2, 0.25) is 0 Å². The summed E-state index contributed by atoms with van der Waals surface area (Å²) in [5, 5.41) is 9.38. The van der Waals surface area contributed by atoms with Crippen LogP contribution in [0, 0.1) is 11.8 Å². The van der Waals surface area contributed by atoms with Crippen LogP contribution in [0.2, 0.25) is 0 Å². The van der Waals surface area contributed by atoms with Crippen LogP contribution in [0.3, 0.4) is 0 Å². The Bertz CT molecular complexity index is 1290. The van der Waals surface area contributed by atoms with E-state index >= 15 is 0 Å². The largest absolute Gasteiger partial charge is 0.493 e. The maximum atomic E-state index is 13.2. The number of rotatable bonds is 4. The number of hydrogen-bond donors (Lipinski definition) is 1. The minimum atomic E-state index is -0.724. The molecule has 0 aliphatic carbocycles. The number of benzene rings is 1. The average Bonchev–Trinajstić information content (AvgIpc) is 3.29. The van der Waals surface area contributed by atoms with Crippen LogP contribution in [-0.2, 0) is 0 Å². The Labute approximate surface area is 196 Å². The highest BCUT2D eigenvalue weighted by Crippen LogP contribution is 2.38. The van der Waals surface area contributed by atoms with Crippen molar-refractivity contribution in [1.29, 1.82) is 0 Å². The molecule has 2 unspecified atom stereocenters. The molecule has 0 spiro atoms. The number of aliphatic hydroxyl groups is 1. The Hall–Kier alpha value is -2.86. The fourth-order valence-corrected chi connectivity index (χ4v) is 5.78. The van der Waals surface area contributed by atoms with E-state index in [1.165, 1.54) is 35.1 Å². The average molecular weight is 466 g/mol. The molecule has 8 heteroatoms. The summed E-state index contributed by atoms with van der Waals surface area (Å²) in [5.74, 6) is 6.89.